The van der Waals surface area contributed by atoms with Crippen LogP contribution in [0.4, 0.5) is 0 Å². The zero-order chi connectivity index (χ0) is 12.8. The van der Waals surface area contributed by atoms with Crippen LogP contribution in [0.1, 0.15) is 31.2 Å². The van der Waals surface area contributed by atoms with Crippen molar-refractivity contribution >= 4 is 11.6 Å². The van der Waals surface area contributed by atoms with Crippen molar-refractivity contribution in [2.45, 2.75) is 31.7 Å². The van der Waals surface area contributed by atoms with E-state index in [1.54, 1.807) is 18.2 Å². The molecule has 3 nitrogen and oxygen atoms in total. The van der Waals surface area contributed by atoms with Crippen molar-refractivity contribution in [1.29, 1.82) is 5.26 Å². The summed E-state index contributed by atoms with van der Waals surface area (Å²) in [6, 6.07) is 7.79. The first-order valence-electron chi connectivity index (χ1n) is 6.35. The molecule has 1 heterocycles. The Morgan fingerprint density at radius 2 is 2.33 bits per heavy atom. The Kier molecular flexibility index (Phi) is 4.86. The topological polar surface area (TPSA) is 45.0 Å². The monoisotopic (exact) mass is 264 g/mol. The fourth-order valence-electron chi connectivity index (χ4n) is 2.20. The number of hydrogen-bond acceptors (Lipinski definition) is 3. The van der Waals surface area contributed by atoms with Gasteiger partial charge in [0.1, 0.15) is 11.8 Å². The predicted molar refractivity (Wildman–Crippen MR) is 71.9 cm³/mol. The molecule has 1 aliphatic rings. The fourth-order valence-corrected chi connectivity index (χ4v) is 2.37. The number of nitriles is 1. The number of benzene rings is 1. The van der Waals surface area contributed by atoms with Crippen LogP contribution in [0.15, 0.2) is 18.2 Å². The molecule has 0 aromatic heterocycles. The molecule has 96 valence electrons. The minimum absolute atomic E-state index is 0.499. The van der Waals surface area contributed by atoms with E-state index in [4.69, 9.17) is 21.6 Å². The summed E-state index contributed by atoms with van der Waals surface area (Å²) in [5.41, 5.74) is 0.499. The van der Waals surface area contributed by atoms with Crippen LogP contribution >= 0.6 is 11.6 Å². The van der Waals surface area contributed by atoms with E-state index in [0.717, 1.165) is 13.0 Å². The third-order valence-corrected chi connectivity index (χ3v) is 3.43. The van der Waals surface area contributed by atoms with Gasteiger partial charge in [-0.3, -0.25) is 0 Å². The molecular weight excluding hydrogens is 248 g/mol. The lowest BCUT2D eigenvalue weighted by Gasteiger charge is -2.23. The molecule has 18 heavy (non-hydrogen) atoms. The van der Waals surface area contributed by atoms with Crippen molar-refractivity contribution in [3.63, 3.8) is 0 Å². The van der Waals surface area contributed by atoms with Crippen LogP contribution in [0.5, 0.6) is 5.75 Å². The second kappa shape index (κ2) is 6.63. The molecule has 1 unspecified atom stereocenters. The maximum absolute atomic E-state index is 8.99. The van der Waals surface area contributed by atoms with Gasteiger partial charge in [0, 0.05) is 11.1 Å². The Labute approximate surface area is 113 Å². The van der Waals surface area contributed by atoms with E-state index >= 15 is 0 Å². The van der Waals surface area contributed by atoms with E-state index in [0.29, 0.717) is 29.0 Å². The largest absolute Gasteiger partial charge is 0.492 e. The van der Waals surface area contributed by atoms with Gasteiger partial charge < -0.3 is 10.1 Å². The molecule has 0 aliphatic carbocycles. The number of piperidine rings is 1. The first-order chi connectivity index (χ1) is 8.79. The molecule has 0 amide bonds. The van der Waals surface area contributed by atoms with Gasteiger partial charge in [0.05, 0.1) is 12.2 Å². The number of nitrogens with zero attached hydrogens (tertiary/aromatic N) is 1. The second-order valence-corrected chi connectivity index (χ2v) is 4.97. The maximum Gasteiger partial charge on any atom is 0.137 e. The molecule has 1 aromatic rings. The van der Waals surface area contributed by atoms with Gasteiger partial charge >= 0.3 is 0 Å². The van der Waals surface area contributed by atoms with E-state index < -0.39 is 0 Å². The SMILES string of the molecule is N#Cc1cc(Cl)ccc1OCCC1CCCCN1. The normalized spacial score (nSPS) is 19.2. The molecule has 0 bridgehead atoms. The highest BCUT2D eigenvalue weighted by Crippen LogP contribution is 2.22. The van der Waals surface area contributed by atoms with Gasteiger partial charge in [-0.25, -0.2) is 0 Å². The Morgan fingerprint density at radius 3 is 3.06 bits per heavy atom. The zero-order valence-corrected chi connectivity index (χ0v) is 11.0. The highest BCUT2D eigenvalue weighted by atomic mass is 35.5. The molecule has 0 spiro atoms. The van der Waals surface area contributed by atoms with Crippen LogP contribution in [0.2, 0.25) is 5.02 Å². The van der Waals surface area contributed by atoms with Crippen molar-refractivity contribution in [3.8, 4) is 11.8 Å². The van der Waals surface area contributed by atoms with Crippen LogP contribution in [-0.2, 0) is 0 Å². The molecule has 1 fully saturated rings. The third-order valence-electron chi connectivity index (χ3n) is 3.20. The molecule has 2 rings (SSSR count). The maximum atomic E-state index is 8.99. The molecule has 0 radical (unpaired) electrons. The van der Waals surface area contributed by atoms with Gasteiger partial charge in [-0.2, -0.15) is 5.26 Å². The summed E-state index contributed by atoms with van der Waals surface area (Å²) in [6.45, 7) is 1.74. The van der Waals surface area contributed by atoms with Crippen LogP contribution in [0.3, 0.4) is 0 Å². The molecule has 0 saturated carbocycles. The Bertz CT molecular complexity index is 436. The second-order valence-electron chi connectivity index (χ2n) is 4.54. The molecule has 4 heteroatoms. The van der Waals surface area contributed by atoms with E-state index in [1.807, 2.05) is 0 Å². The minimum Gasteiger partial charge on any atom is -0.492 e. The van der Waals surface area contributed by atoms with Crippen molar-refractivity contribution in [2.24, 2.45) is 0 Å². The Morgan fingerprint density at radius 1 is 1.44 bits per heavy atom. The standard InChI is InChI=1S/C14H17ClN2O/c15-12-4-5-14(11(9-12)10-16)18-8-6-13-3-1-2-7-17-13/h4-5,9,13,17H,1-3,6-8H2. The van der Waals surface area contributed by atoms with E-state index in [1.165, 1.54) is 19.3 Å². The van der Waals surface area contributed by atoms with Gasteiger partial charge in [-0.05, 0) is 44.0 Å². The average molecular weight is 265 g/mol. The summed E-state index contributed by atoms with van der Waals surface area (Å²) < 4.78 is 5.66. The average Bonchev–Trinajstić information content (AvgIpc) is 2.41. The molecule has 1 aliphatic heterocycles. The van der Waals surface area contributed by atoms with Gasteiger partial charge in [0.25, 0.3) is 0 Å². The summed E-state index contributed by atoms with van der Waals surface area (Å²) in [4.78, 5) is 0. The lowest BCUT2D eigenvalue weighted by molar-refractivity contribution is 0.267. The fraction of sp³-hybridized carbons (Fsp3) is 0.500. The van der Waals surface area contributed by atoms with Crippen LogP contribution in [0.25, 0.3) is 0 Å². The number of nitrogens with one attached hydrogen (secondary N) is 1. The number of rotatable bonds is 4. The zero-order valence-electron chi connectivity index (χ0n) is 10.3. The highest BCUT2D eigenvalue weighted by Gasteiger charge is 2.12. The van der Waals surface area contributed by atoms with E-state index in [2.05, 4.69) is 11.4 Å². The van der Waals surface area contributed by atoms with Crippen molar-refractivity contribution < 1.29 is 4.74 Å². The molecule has 1 atom stereocenters. The van der Waals surface area contributed by atoms with Crippen molar-refractivity contribution in [2.75, 3.05) is 13.2 Å². The summed E-state index contributed by atoms with van der Waals surface area (Å²) in [6.07, 6.45) is 4.76. The predicted octanol–water partition coefficient (Wildman–Crippen LogP) is 3.12. The smallest absolute Gasteiger partial charge is 0.137 e. The van der Waals surface area contributed by atoms with Crippen LogP contribution in [-0.4, -0.2) is 19.2 Å². The highest BCUT2D eigenvalue weighted by molar-refractivity contribution is 6.30. The minimum atomic E-state index is 0.499. The van der Waals surface area contributed by atoms with Gasteiger partial charge in [-0.1, -0.05) is 18.0 Å². The summed E-state index contributed by atoms with van der Waals surface area (Å²) >= 11 is 5.83. The number of ether oxygens (including phenoxy) is 1. The van der Waals surface area contributed by atoms with Gasteiger partial charge in [0.2, 0.25) is 0 Å². The number of halogens is 1. The van der Waals surface area contributed by atoms with Crippen molar-refractivity contribution in [3.05, 3.63) is 28.8 Å². The van der Waals surface area contributed by atoms with Crippen LogP contribution in [0, 0.1) is 11.3 Å². The number of hydrogen-bond donors (Lipinski definition) is 1. The molecule has 1 saturated heterocycles. The summed E-state index contributed by atoms with van der Waals surface area (Å²) in [5.74, 6) is 0.623. The van der Waals surface area contributed by atoms with E-state index in [-0.39, 0.29) is 0 Å². The summed E-state index contributed by atoms with van der Waals surface area (Å²) in [7, 11) is 0. The van der Waals surface area contributed by atoms with E-state index in [9.17, 15) is 0 Å². The first kappa shape index (κ1) is 13.2. The van der Waals surface area contributed by atoms with Crippen molar-refractivity contribution in [1.82, 2.24) is 5.32 Å². The van der Waals surface area contributed by atoms with Gasteiger partial charge in [0.15, 0.2) is 0 Å². The Hall–Kier alpha value is -1.24. The lowest BCUT2D eigenvalue weighted by Crippen LogP contribution is -2.35. The van der Waals surface area contributed by atoms with Crippen LogP contribution < -0.4 is 10.1 Å². The Balaban J connectivity index is 1.84. The lowest BCUT2D eigenvalue weighted by atomic mass is 10.0. The summed E-state index contributed by atoms with van der Waals surface area (Å²) in [5, 5.41) is 13.0. The molecular formula is C14H17ClN2O. The third kappa shape index (κ3) is 3.63. The molecule has 1 N–H and O–H groups in total. The molecule has 1 aromatic carbocycles. The quantitative estimate of drug-likeness (QED) is 0.909. The first-order valence-corrected chi connectivity index (χ1v) is 6.73. The van der Waals surface area contributed by atoms with Gasteiger partial charge in [-0.15, -0.1) is 0 Å².